The number of rotatable bonds is 3. The van der Waals surface area contributed by atoms with Crippen molar-refractivity contribution in [3.05, 3.63) is 52.2 Å². The molecule has 0 radical (unpaired) electrons. The molecule has 17 heavy (non-hydrogen) atoms. The summed E-state index contributed by atoms with van der Waals surface area (Å²) in [5, 5.41) is 0. The number of halogens is 1. The van der Waals surface area contributed by atoms with E-state index in [4.69, 9.17) is 10.5 Å². The lowest BCUT2D eigenvalue weighted by Crippen LogP contribution is -2.13. The molecule has 2 rings (SSSR count). The summed E-state index contributed by atoms with van der Waals surface area (Å²) < 4.78 is 17.9. The predicted octanol–water partition coefficient (Wildman–Crippen LogP) is 1.07. The maximum atomic E-state index is 12.6. The van der Waals surface area contributed by atoms with E-state index in [1.165, 1.54) is 30.3 Å². The monoisotopic (exact) mass is 235 g/mol. The maximum Gasteiger partial charge on any atom is 0.252 e. The number of benzene rings is 1. The van der Waals surface area contributed by atoms with Crippen LogP contribution in [0, 0.1) is 5.82 Å². The Morgan fingerprint density at radius 1 is 1.35 bits per heavy atom. The van der Waals surface area contributed by atoms with Crippen LogP contribution >= 0.6 is 0 Å². The van der Waals surface area contributed by atoms with Crippen molar-refractivity contribution >= 4 is 5.95 Å². The Balaban J connectivity index is 2.07. The Hall–Kier alpha value is -2.37. The van der Waals surface area contributed by atoms with Gasteiger partial charge in [-0.3, -0.25) is 9.78 Å². The number of aromatic amines is 1. The molecule has 6 heteroatoms. The first-order valence-corrected chi connectivity index (χ1v) is 4.87. The normalized spacial score (nSPS) is 10.2. The van der Waals surface area contributed by atoms with Crippen LogP contribution in [0.1, 0.15) is 5.69 Å². The molecular weight excluding hydrogens is 225 g/mol. The fourth-order valence-corrected chi connectivity index (χ4v) is 1.29. The number of hydrogen-bond donors (Lipinski definition) is 2. The van der Waals surface area contributed by atoms with Crippen molar-refractivity contribution in [1.82, 2.24) is 9.97 Å². The minimum absolute atomic E-state index is 0.0372. The van der Waals surface area contributed by atoms with Crippen molar-refractivity contribution in [3.8, 4) is 5.75 Å². The predicted molar refractivity (Wildman–Crippen MR) is 60.0 cm³/mol. The highest BCUT2D eigenvalue weighted by Gasteiger charge is 2.00. The first-order valence-electron chi connectivity index (χ1n) is 4.87. The standard InChI is InChI=1S/C11H10FN3O2/c12-7-1-3-9(4-2-7)17-6-8-5-10(16)15-11(13)14-8/h1-5H,6H2,(H3,13,14,15,16). The Kier molecular flexibility index (Phi) is 3.04. The van der Waals surface area contributed by atoms with E-state index in [9.17, 15) is 9.18 Å². The van der Waals surface area contributed by atoms with E-state index in [1.807, 2.05) is 0 Å². The molecule has 0 aliphatic heterocycles. The zero-order valence-electron chi connectivity index (χ0n) is 8.81. The van der Waals surface area contributed by atoms with Crippen LogP contribution in [-0.4, -0.2) is 9.97 Å². The number of anilines is 1. The van der Waals surface area contributed by atoms with Crippen molar-refractivity contribution in [3.63, 3.8) is 0 Å². The van der Waals surface area contributed by atoms with Crippen LogP contribution in [0.15, 0.2) is 35.1 Å². The lowest BCUT2D eigenvalue weighted by atomic mass is 10.3. The number of nitrogens with zero attached hydrogens (tertiary/aromatic N) is 1. The van der Waals surface area contributed by atoms with Crippen LogP contribution in [0.5, 0.6) is 5.75 Å². The minimum atomic E-state index is -0.338. The number of nitrogen functional groups attached to an aromatic ring is 1. The highest BCUT2D eigenvalue weighted by atomic mass is 19.1. The van der Waals surface area contributed by atoms with Gasteiger partial charge in [-0.15, -0.1) is 0 Å². The fraction of sp³-hybridized carbons (Fsp3) is 0.0909. The molecule has 0 aliphatic carbocycles. The highest BCUT2D eigenvalue weighted by molar-refractivity contribution is 5.23. The van der Waals surface area contributed by atoms with Crippen molar-refractivity contribution in [2.75, 3.05) is 5.73 Å². The third-order valence-electron chi connectivity index (χ3n) is 2.01. The van der Waals surface area contributed by atoms with Gasteiger partial charge in [0.05, 0.1) is 5.69 Å². The van der Waals surface area contributed by atoms with Crippen molar-refractivity contribution in [2.45, 2.75) is 6.61 Å². The van der Waals surface area contributed by atoms with Crippen molar-refractivity contribution in [2.24, 2.45) is 0 Å². The smallest absolute Gasteiger partial charge is 0.252 e. The number of H-pyrrole nitrogens is 1. The van der Waals surface area contributed by atoms with Gasteiger partial charge in [-0.05, 0) is 24.3 Å². The van der Waals surface area contributed by atoms with Crippen LogP contribution in [0.3, 0.4) is 0 Å². The molecule has 0 unspecified atom stereocenters. The second kappa shape index (κ2) is 4.65. The summed E-state index contributed by atoms with van der Waals surface area (Å²) in [6.07, 6.45) is 0. The van der Waals surface area contributed by atoms with Gasteiger partial charge < -0.3 is 10.5 Å². The van der Waals surface area contributed by atoms with E-state index < -0.39 is 0 Å². The zero-order valence-corrected chi connectivity index (χ0v) is 8.81. The molecule has 0 spiro atoms. The molecule has 0 saturated carbocycles. The van der Waals surface area contributed by atoms with Crippen LogP contribution < -0.4 is 16.0 Å². The summed E-state index contributed by atoms with van der Waals surface area (Å²) in [6, 6.07) is 6.85. The topological polar surface area (TPSA) is 81.0 Å². The molecule has 5 nitrogen and oxygen atoms in total. The molecule has 3 N–H and O–H groups in total. The van der Waals surface area contributed by atoms with Crippen LogP contribution in [0.25, 0.3) is 0 Å². The van der Waals surface area contributed by atoms with Gasteiger partial charge in [0.25, 0.3) is 5.56 Å². The van der Waals surface area contributed by atoms with E-state index in [2.05, 4.69) is 9.97 Å². The Labute approximate surface area is 96.1 Å². The van der Waals surface area contributed by atoms with Gasteiger partial charge in [-0.1, -0.05) is 0 Å². The fourth-order valence-electron chi connectivity index (χ4n) is 1.29. The number of ether oxygens (including phenoxy) is 1. The molecule has 0 atom stereocenters. The third-order valence-corrected chi connectivity index (χ3v) is 2.01. The van der Waals surface area contributed by atoms with Gasteiger partial charge in [-0.25, -0.2) is 9.37 Å². The van der Waals surface area contributed by atoms with E-state index in [0.717, 1.165) is 0 Å². The average molecular weight is 235 g/mol. The molecule has 0 bridgehead atoms. The SMILES string of the molecule is Nc1nc(COc2ccc(F)cc2)cc(=O)[nH]1. The molecule has 0 fully saturated rings. The van der Waals surface area contributed by atoms with E-state index in [1.54, 1.807) is 0 Å². The molecule has 0 amide bonds. The number of aromatic nitrogens is 2. The van der Waals surface area contributed by atoms with E-state index in [-0.39, 0.29) is 23.9 Å². The van der Waals surface area contributed by atoms with Crippen LogP contribution in [0.4, 0.5) is 10.3 Å². The zero-order chi connectivity index (χ0) is 12.3. The van der Waals surface area contributed by atoms with Gasteiger partial charge in [0.15, 0.2) is 0 Å². The number of nitrogens with one attached hydrogen (secondary N) is 1. The Morgan fingerprint density at radius 3 is 2.71 bits per heavy atom. The van der Waals surface area contributed by atoms with Gasteiger partial charge in [0.2, 0.25) is 5.95 Å². The molecule has 1 heterocycles. The van der Waals surface area contributed by atoms with Crippen molar-refractivity contribution < 1.29 is 9.13 Å². The summed E-state index contributed by atoms with van der Waals surface area (Å²) >= 11 is 0. The molecule has 0 saturated heterocycles. The summed E-state index contributed by atoms with van der Waals surface area (Å²) in [5.41, 5.74) is 5.45. The quantitative estimate of drug-likeness (QED) is 0.833. The summed E-state index contributed by atoms with van der Waals surface area (Å²) in [7, 11) is 0. The third kappa shape index (κ3) is 3.04. The summed E-state index contributed by atoms with van der Waals surface area (Å²) in [5.74, 6) is 0.193. The molecule has 0 aliphatic rings. The average Bonchev–Trinajstić information content (AvgIpc) is 2.27. The maximum absolute atomic E-state index is 12.6. The van der Waals surface area contributed by atoms with Crippen molar-refractivity contribution in [1.29, 1.82) is 0 Å². The summed E-state index contributed by atoms with van der Waals surface area (Å²) in [6.45, 7) is 0.0970. The minimum Gasteiger partial charge on any atom is -0.487 e. The van der Waals surface area contributed by atoms with Gasteiger partial charge in [0.1, 0.15) is 18.2 Å². The number of hydrogen-bond acceptors (Lipinski definition) is 4. The van der Waals surface area contributed by atoms with Gasteiger partial charge >= 0.3 is 0 Å². The van der Waals surface area contributed by atoms with E-state index in [0.29, 0.717) is 11.4 Å². The first kappa shape index (κ1) is 11.1. The molecule has 2 aromatic rings. The molecular formula is C11H10FN3O2. The largest absolute Gasteiger partial charge is 0.487 e. The lowest BCUT2D eigenvalue weighted by molar-refractivity contribution is 0.300. The van der Waals surface area contributed by atoms with E-state index >= 15 is 0 Å². The van der Waals surface area contributed by atoms with Crippen LogP contribution in [-0.2, 0) is 6.61 Å². The highest BCUT2D eigenvalue weighted by Crippen LogP contribution is 2.12. The lowest BCUT2D eigenvalue weighted by Gasteiger charge is -2.05. The van der Waals surface area contributed by atoms with Crippen LogP contribution in [0.2, 0.25) is 0 Å². The second-order valence-electron chi connectivity index (χ2n) is 3.36. The first-order chi connectivity index (χ1) is 8.13. The molecule has 1 aromatic heterocycles. The number of nitrogens with two attached hydrogens (primary N) is 1. The van der Waals surface area contributed by atoms with Gasteiger partial charge in [0, 0.05) is 6.07 Å². The Morgan fingerprint density at radius 2 is 2.06 bits per heavy atom. The molecule has 88 valence electrons. The Bertz CT molecular complexity index is 566. The molecule has 1 aromatic carbocycles. The summed E-state index contributed by atoms with van der Waals surface area (Å²) in [4.78, 5) is 17.3. The van der Waals surface area contributed by atoms with Gasteiger partial charge in [-0.2, -0.15) is 0 Å². The second-order valence-corrected chi connectivity index (χ2v) is 3.36.